The zero-order valence-corrected chi connectivity index (χ0v) is 13.5. The molecule has 2 rings (SSSR count). The Bertz CT molecular complexity index is 532. The third-order valence-corrected chi connectivity index (χ3v) is 3.84. The number of hydrogen-bond donors (Lipinski definition) is 1. The topological polar surface area (TPSA) is 21.3 Å². The van der Waals surface area contributed by atoms with Gasteiger partial charge in [0, 0.05) is 18.1 Å². The van der Waals surface area contributed by atoms with Crippen molar-refractivity contribution < 1.29 is 9.13 Å². The van der Waals surface area contributed by atoms with Gasteiger partial charge in [0.05, 0.1) is 12.6 Å². The van der Waals surface area contributed by atoms with Gasteiger partial charge in [0.15, 0.2) is 0 Å². The van der Waals surface area contributed by atoms with Gasteiger partial charge in [-0.25, -0.2) is 4.39 Å². The van der Waals surface area contributed by atoms with Gasteiger partial charge in [0.25, 0.3) is 0 Å². The summed E-state index contributed by atoms with van der Waals surface area (Å²) in [4.78, 5) is 0. The minimum Gasteiger partial charge on any atom is -0.383 e. The molecule has 2 atom stereocenters. The first-order chi connectivity index (χ1) is 10.2. The molecule has 0 aromatic heterocycles. The van der Waals surface area contributed by atoms with E-state index in [0.717, 1.165) is 10.0 Å². The molecule has 112 valence electrons. The molecule has 0 spiro atoms. The standard InChI is InChI=1S/C17H19BrFNO/c1-21-12-17(14-5-3-2-4-6-14)20-11-16(19)13-7-9-15(18)10-8-13/h2-10,16-17,20H,11-12H2,1H3/t16-,17-/m0/s1. The third-order valence-electron chi connectivity index (χ3n) is 3.31. The smallest absolute Gasteiger partial charge is 0.138 e. The maximum absolute atomic E-state index is 14.3. The fourth-order valence-electron chi connectivity index (χ4n) is 2.16. The van der Waals surface area contributed by atoms with Gasteiger partial charge < -0.3 is 10.1 Å². The Morgan fingerprint density at radius 3 is 2.33 bits per heavy atom. The van der Waals surface area contributed by atoms with Crippen molar-refractivity contribution in [1.82, 2.24) is 5.32 Å². The molecular weight excluding hydrogens is 333 g/mol. The first kappa shape index (κ1) is 16.1. The van der Waals surface area contributed by atoms with E-state index in [1.54, 1.807) is 19.2 Å². The number of benzene rings is 2. The van der Waals surface area contributed by atoms with Gasteiger partial charge in [0.1, 0.15) is 6.17 Å². The summed E-state index contributed by atoms with van der Waals surface area (Å²) in [6, 6.07) is 17.2. The van der Waals surface area contributed by atoms with Crippen LogP contribution in [-0.2, 0) is 4.74 Å². The van der Waals surface area contributed by atoms with Crippen LogP contribution in [-0.4, -0.2) is 20.3 Å². The summed E-state index contributed by atoms with van der Waals surface area (Å²) in [6.07, 6.45) is -1.04. The van der Waals surface area contributed by atoms with E-state index in [1.807, 2.05) is 42.5 Å². The first-order valence-electron chi connectivity index (χ1n) is 6.87. The van der Waals surface area contributed by atoms with Crippen LogP contribution in [0.1, 0.15) is 23.3 Å². The third kappa shape index (κ3) is 4.92. The zero-order valence-electron chi connectivity index (χ0n) is 11.9. The van der Waals surface area contributed by atoms with Crippen LogP contribution in [0.5, 0.6) is 0 Å². The number of halogens is 2. The van der Waals surface area contributed by atoms with Gasteiger partial charge in [0.2, 0.25) is 0 Å². The van der Waals surface area contributed by atoms with Crippen molar-refractivity contribution in [2.45, 2.75) is 12.2 Å². The van der Waals surface area contributed by atoms with Gasteiger partial charge in [-0.15, -0.1) is 0 Å². The van der Waals surface area contributed by atoms with Crippen LogP contribution >= 0.6 is 15.9 Å². The second kappa shape index (κ2) is 8.27. The molecule has 21 heavy (non-hydrogen) atoms. The van der Waals surface area contributed by atoms with E-state index in [-0.39, 0.29) is 12.6 Å². The van der Waals surface area contributed by atoms with Gasteiger partial charge in [-0.2, -0.15) is 0 Å². The first-order valence-corrected chi connectivity index (χ1v) is 7.67. The minimum atomic E-state index is -1.04. The maximum atomic E-state index is 14.3. The monoisotopic (exact) mass is 351 g/mol. The van der Waals surface area contributed by atoms with Crippen molar-refractivity contribution in [3.63, 3.8) is 0 Å². The van der Waals surface area contributed by atoms with Crippen molar-refractivity contribution in [1.29, 1.82) is 0 Å². The largest absolute Gasteiger partial charge is 0.383 e. The van der Waals surface area contributed by atoms with Crippen molar-refractivity contribution in [3.05, 3.63) is 70.2 Å². The highest BCUT2D eigenvalue weighted by Crippen LogP contribution is 2.21. The Kier molecular flexibility index (Phi) is 6.36. The van der Waals surface area contributed by atoms with Gasteiger partial charge in [-0.3, -0.25) is 0 Å². The Hall–Kier alpha value is -1.23. The second-order valence-corrected chi connectivity index (χ2v) is 5.76. The van der Waals surface area contributed by atoms with E-state index in [1.165, 1.54) is 0 Å². The number of rotatable bonds is 7. The summed E-state index contributed by atoms with van der Waals surface area (Å²) in [5.74, 6) is 0. The van der Waals surface area contributed by atoms with Crippen molar-refractivity contribution >= 4 is 15.9 Å². The quantitative estimate of drug-likeness (QED) is 0.796. The molecule has 0 saturated heterocycles. The maximum Gasteiger partial charge on any atom is 0.138 e. The molecule has 0 heterocycles. The molecule has 0 saturated carbocycles. The molecule has 0 unspecified atom stereocenters. The molecule has 0 bridgehead atoms. The Labute approximate surface area is 133 Å². The van der Waals surface area contributed by atoms with Crippen LogP contribution in [0.3, 0.4) is 0 Å². The summed E-state index contributed by atoms with van der Waals surface area (Å²) in [5, 5.41) is 3.24. The summed E-state index contributed by atoms with van der Waals surface area (Å²) >= 11 is 3.35. The van der Waals surface area contributed by atoms with Crippen molar-refractivity contribution in [3.8, 4) is 0 Å². The molecule has 0 fully saturated rings. The van der Waals surface area contributed by atoms with E-state index in [9.17, 15) is 4.39 Å². The molecule has 0 aliphatic heterocycles. The van der Waals surface area contributed by atoms with E-state index in [2.05, 4.69) is 21.2 Å². The molecular formula is C17H19BrFNO. The number of methoxy groups -OCH3 is 1. The molecule has 2 aromatic carbocycles. The molecule has 4 heteroatoms. The summed E-state index contributed by atoms with van der Waals surface area (Å²) in [6.45, 7) is 0.766. The Morgan fingerprint density at radius 1 is 1.05 bits per heavy atom. The molecule has 0 radical (unpaired) electrons. The van der Waals surface area contributed by atoms with E-state index in [4.69, 9.17) is 4.74 Å². The van der Waals surface area contributed by atoms with Gasteiger partial charge in [-0.1, -0.05) is 58.4 Å². The number of hydrogen-bond acceptors (Lipinski definition) is 2. The molecule has 0 aliphatic carbocycles. The lowest BCUT2D eigenvalue weighted by Crippen LogP contribution is -2.28. The predicted octanol–water partition coefficient (Wildman–Crippen LogP) is 4.44. The second-order valence-electron chi connectivity index (χ2n) is 4.85. The van der Waals surface area contributed by atoms with Crippen LogP contribution in [0, 0.1) is 0 Å². The van der Waals surface area contributed by atoms with Crippen LogP contribution in [0.2, 0.25) is 0 Å². The lowest BCUT2D eigenvalue weighted by Gasteiger charge is -2.20. The highest BCUT2D eigenvalue weighted by molar-refractivity contribution is 9.10. The van der Waals surface area contributed by atoms with Crippen molar-refractivity contribution in [2.24, 2.45) is 0 Å². The van der Waals surface area contributed by atoms with Crippen LogP contribution in [0.4, 0.5) is 4.39 Å². The number of ether oxygens (including phenoxy) is 1. The number of nitrogens with one attached hydrogen (secondary N) is 1. The van der Waals surface area contributed by atoms with E-state index < -0.39 is 6.17 Å². The highest BCUT2D eigenvalue weighted by Gasteiger charge is 2.15. The number of alkyl halides is 1. The van der Waals surface area contributed by atoms with Crippen LogP contribution in [0.25, 0.3) is 0 Å². The summed E-state index contributed by atoms with van der Waals surface area (Å²) < 4.78 is 20.4. The minimum absolute atomic E-state index is 0.00935. The molecule has 0 aliphatic rings. The Balaban J connectivity index is 1.97. The summed E-state index contributed by atoms with van der Waals surface area (Å²) in [5.41, 5.74) is 1.78. The van der Waals surface area contributed by atoms with Crippen molar-refractivity contribution in [2.75, 3.05) is 20.3 Å². The molecule has 0 amide bonds. The average Bonchev–Trinajstić information content (AvgIpc) is 2.52. The average molecular weight is 352 g/mol. The van der Waals surface area contributed by atoms with Gasteiger partial charge in [-0.05, 0) is 23.3 Å². The summed E-state index contributed by atoms with van der Waals surface area (Å²) in [7, 11) is 1.65. The predicted molar refractivity (Wildman–Crippen MR) is 87.1 cm³/mol. The zero-order chi connectivity index (χ0) is 15.1. The lowest BCUT2D eigenvalue weighted by atomic mass is 10.1. The fraction of sp³-hybridized carbons (Fsp3) is 0.294. The van der Waals surface area contributed by atoms with E-state index >= 15 is 0 Å². The highest BCUT2D eigenvalue weighted by atomic mass is 79.9. The van der Waals surface area contributed by atoms with E-state index in [0.29, 0.717) is 12.2 Å². The van der Waals surface area contributed by atoms with Crippen LogP contribution in [0.15, 0.2) is 59.1 Å². The van der Waals surface area contributed by atoms with Gasteiger partial charge >= 0.3 is 0 Å². The fourth-order valence-corrected chi connectivity index (χ4v) is 2.42. The normalized spacial score (nSPS) is 13.9. The SMILES string of the molecule is COC[C@H](NC[C@H](F)c1ccc(Br)cc1)c1ccccc1. The Morgan fingerprint density at radius 2 is 1.71 bits per heavy atom. The van der Waals surface area contributed by atoms with Crippen LogP contribution < -0.4 is 5.32 Å². The molecule has 2 nitrogen and oxygen atoms in total. The molecule has 2 aromatic rings. The molecule has 1 N–H and O–H groups in total. The lowest BCUT2D eigenvalue weighted by molar-refractivity contribution is 0.161.